The number of benzene rings is 1. The molecule has 0 saturated carbocycles. The van der Waals surface area contributed by atoms with Gasteiger partial charge in [-0.15, -0.1) is 0 Å². The summed E-state index contributed by atoms with van der Waals surface area (Å²) in [5, 5.41) is 0. The van der Waals surface area contributed by atoms with Crippen LogP contribution in [-0.2, 0) is 16.0 Å². The summed E-state index contributed by atoms with van der Waals surface area (Å²) in [5.74, 6) is -0.569. The van der Waals surface area contributed by atoms with E-state index < -0.39 is 11.4 Å². The summed E-state index contributed by atoms with van der Waals surface area (Å²) in [6.07, 6.45) is 0.335. The number of carbonyl (C=O) groups excluding carboxylic acids is 2. The van der Waals surface area contributed by atoms with Crippen LogP contribution in [0.1, 0.15) is 25.8 Å². The highest BCUT2D eigenvalue weighted by Crippen LogP contribution is 2.27. The topological polar surface area (TPSA) is 37.4 Å². The number of likely N-dealkylation sites (tertiary alicyclic amines) is 1. The molecule has 0 unspecified atom stereocenters. The molecule has 1 aliphatic rings. The van der Waals surface area contributed by atoms with Crippen LogP contribution in [0.5, 0.6) is 0 Å². The quantitative estimate of drug-likeness (QED) is 0.837. The van der Waals surface area contributed by atoms with Gasteiger partial charge in [0.15, 0.2) is 5.78 Å². The molecule has 0 N–H and O–H groups in total. The summed E-state index contributed by atoms with van der Waals surface area (Å²) in [7, 11) is 0. The Kier molecular flexibility index (Phi) is 3.76. The molecule has 1 heterocycles. The second-order valence-electron chi connectivity index (χ2n) is 5.42. The second-order valence-corrected chi connectivity index (χ2v) is 6.34. The minimum absolute atomic E-state index is 0.0258. The number of halogens is 2. The molecule has 0 radical (unpaired) electrons. The number of ketones is 1. The zero-order chi connectivity index (χ0) is 14.2. The van der Waals surface area contributed by atoms with Crippen LogP contribution in [-0.4, -0.2) is 28.7 Å². The summed E-state index contributed by atoms with van der Waals surface area (Å²) in [6, 6.07) is 4.51. The molecule has 3 nitrogen and oxygen atoms in total. The molecule has 1 fully saturated rings. The highest BCUT2D eigenvalue weighted by molar-refractivity contribution is 9.10. The first-order valence-corrected chi connectivity index (χ1v) is 6.85. The number of nitrogens with zero attached hydrogens (tertiary/aromatic N) is 1. The SMILES string of the molecule is CC1(C)CC(=O)CN1C(=O)Cc1cc(Br)ccc1F. The highest BCUT2D eigenvalue weighted by Gasteiger charge is 2.40. The zero-order valence-corrected chi connectivity index (χ0v) is 12.5. The number of amides is 1. The van der Waals surface area contributed by atoms with Crippen molar-refractivity contribution in [3.05, 3.63) is 34.1 Å². The minimum atomic E-state index is -0.476. The van der Waals surface area contributed by atoms with Gasteiger partial charge in [-0.3, -0.25) is 9.59 Å². The lowest BCUT2D eigenvalue weighted by molar-refractivity contribution is -0.134. The highest BCUT2D eigenvalue weighted by atomic mass is 79.9. The third-order valence-corrected chi connectivity index (χ3v) is 3.84. The molecular weight excluding hydrogens is 313 g/mol. The molecule has 0 spiro atoms. The maximum Gasteiger partial charge on any atom is 0.227 e. The first kappa shape index (κ1) is 14.2. The molecule has 5 heteroatoms. The van der Waals surface area contributed by atoms with Gasteiger partial charge in [-0.25, -0.2) is 4.39 Å². The van der Waals surface area contributed by atoms with E-state index in [1.807, 2.05) is 13.8 Å². The Balaban J connectivity index is 2.17. The van der Waals surface area contributed by atoms with Gasteiger partial charge in [-0.05, 0) is 37.6 Å². The van der Waals surface area contributed by atoms with Crippen LogP contribution < -0.4 is 0 Å². The Labute approximate surface area is 119 Å². The third kappa shape index (κ3) is 3.03. The van der Waals surface area contributed by atoms with Crippen molar-refractivity contribution < 1.29 is 14.0 Å². The first-order chi connectivity index (χ1) is 8.79. The Morgan fingerprint density at radius 2 is 2.16 bits per heavy atom. The Hall–Kier alpha value is -1.23. The summed E-state index contributed by atoms with van der Waals surface area (Å²) in [5.41, 5.74) is -0.133. The zero-order valence-electron chi connectivity index (χ0n) is 10.9. The van der Waals surface area contributed by atoms with Gasteiger partial charge in [-0.2, -0.15) is 0 Å². The largest absolute Gasteiger partial charge is 0.330 e. The normalized spacial score (nSPS) is 17.9. The van der Waals surface area contributed by atoms with Gasteiger partial charge in [0.25, 0.3) is 0 Å². The van der Waals surface area contributed by atoms with Crippen LogP contribution in [0.15, 0.2) is 22.7 Å². The molecule has 1 aromatic rings. The van der Waals surface area contributed by atoms with E-state index >= 15 is 0 Å². The van der Waals surface area contributed by atoms with E-state index in [0.717, 1.165) is 4.47 Å². The van der Waals surface area contributed by atoms with Crippen molar-refractivity contribution >= 4 is 27.6 Å². The molecule has 2 rings (SSSR count). The van der Waals surface area contributed by atoms with Crippen LogP contribution in [0.2, 0.25) is 0 Å². The van der Waals surface area contributed by atoms with Gasteiger partial charge in [0.1, 0.15) is 5.82 Å². The van der Waals surface area contributed by atoms with Crippen molar-refractivity contribution in [2.75, 3.05) is 6.54 Å². The monoisotopic (exact) mass is 327 g/mol. The van der Waals surface area contributed by atoms with Crippen molar-refractivity contribution in [3.63, 3.8) is 0 Å². The fourth-order valence-electron chi connectivity index (χ4n) is 2.39. The first-order valence-electron chi connectivity index (χ1n) is 6.06. The molecule has 1 amide bonds. The summed E-state index contributed by atoms with van der Waals surface area (Å²) < 4.78 is 14.4. The number of rotatable bonds is 2. The molecule has 0 aromatic heterocycles. The number of carbonyl (C=O) groups is 2. The van der Waals surface area contributed by atoms with Gasteiger partial charge in [0.05, 0.1) is 13.0 Å². The predicted octanol–water partition coefficient (Wildman–Crippen LogP) is 2.71. The van der Waals surface area contributed by atoms with E-state index in [9.17, 15) is 14.0 Å². The van der Waals surface area contributed by atoms with Crippen molar-refractivity contribution in [2.45, 2.75) is 32.2 Å². The standard InChI is InChI=1S/C14H15BrFNO2/c1-14(2)7-11(18)8-17(14)13(19)6-9-5-10(15)3-4-12(9)16/h3-5H,6-8H2,1-2H3. The number of hydrogen-bond donors (Lipinski definition) is 0. The van der Waals surface area contributed by atoms with Gasteiger partial charge >= 0.3 is 0 Å². The van der Waals surface area contributed by atoms with Gasteiger partial charge in [0.2, 0.25) is 5.91 Å². The summed E-state index contributed by atoms with van der Waals surface area (Å²) >= 11 is 3.26. The molecule has 1 aromatic carbocycles. The average Bonchev–Trinajstić information content (AvgIpc) is 2.57. The van der Waals surface area contributed by atoms with E-state index in [2.05, 4.69) is 15.9 Å². The fraction of sp³-hybridized carbons (Fsp3) is 0.429. The average molecular weight is 328 g/mol. The van der Waals surface area contributed by atoms with E-state index in [0.29, 0.717) is 12.0 Å². The van der Waals surface area contributed by atoms with E-state index in [4.69, 9.17) is 0 Å². The van der Waals surface area contributed by atoms with E-state index in [1.54, 1.807) is 12.1 Å². The van der Waals surface area contributed by atoms with Crippen LogP contribution in [0.4, 0.5) is 4.39 Å². The van der Waals surface area contributed by atoms with Crippen molar-refractivity contribution in [2.24, 2.45) is 0 Å². The van der Waals surface area contributed by atoms with Crippen LogP contribution >= 0.6 is 15.9 Å². The van der Waals surface area contributed by atoms with Crippen LogP contribution in [0.3, 0.4) is 0 Å². The second kappa shape index (κ2) is 5.04. The Morgan fingerprint density at radius 3 is 2.74 bits per heavy atom. The van der Waals surface area contributed by atoms with Crippen molar-refractivity contribution in [1.82, 2.24) is 4.90 Å². The Bertz CT molecular complexity index is 542. The molecule has 0 atom stereocenters. The van der Waals surface area contributed by atoms with E-state index in [1.165, 1.54) is 11.0 Å². The van der Waals surface area contributed by atoms with Crippen molar-refractivity contribution in [1.29, 1.82) is 0 Å². The summed E-state index contributed by atoms with van der Waals surface area (Å²) in [4.78, 5) is 25.2. The maximum absolute atomic E-state index is 13.6. The molecule has 1 saturated heterocycles. The van der Waals surface area contributed by atoms with Gasteiger partial charge in [0, 0.05) is 16.4 Å². The molecule has 102 valence electrons. The molecular formula is C14H15BrFNO2. The minimum Gasteiger partial charge on any atom is -0.330 e. The smallest absolute Gasteiger partial charge is 0.227 e. The van der Waals surface area contributed by atoms with Crippen LogP contribution in [0.25, 0.3) is 0 Å². The van der Waals surface area contributed by atoms with Crippen molar-refractivity contribution in [3.8, 4) is 0 Å². The lowest BCUT2D eigenvalue weighted by Gasteiger charge is -2.30. The van der Waals surface area contributed by atoms with Gasteiger partial charge < -0.3 is 4.90 Å². The third-order valence-electron chi connectivity index (χ3n) is 3.35. The maximum atomic E-state index is 13.6. The summed E-state index contributed by atoms with van der Waals surface area (Å²) in [6.45, 7) is 3.83. The van der Waals surface area contributed by atoms with E-state index in [-0.39, 0.29) is 24.7 Å². The van der Waals surface area contributed by atoms with Crippen LogP contribution in [0, 0.1) is 5.82 Å². The lowest BCUT2D eigenvalue weighted by atomic mass is 10.0. The predicted molar refractivity (Wildman–Crippen MR) is 73.2 cm³/mol. The molecule has 19 heavy (non-hydrogen) atoms. The lowest BCUT2D eigenvalue weighted by Crippen LogP contribution is -2.43. The molecule has 0 bridgehead atoms. The molecule has 0 aliphatic carbocycles. The Morgan fingerprint density at radius 1 is 1.47 bits per heavy atom. The van der Waals surface area contributed by atoms with Gasteiger partial charge in [-0.1, -0.05) is 15.9 Å². The number of hydrogen-bond acceptors (Lipinski definition) is 2. The molecule has 1 aliphatic heterocycles. The fourth-order valence-corrected chi connectivity index (χ4v) is 2.80. The number of Topliss-reactive ketones (excluding diaryl/α,β-unsaturated/α-hetero) is 1.